The van der Waals surface area contributed by atoms with Gasteiger partial charge in [-0.1, -0.05) is 0 Å². The largest absolute Gasteiger partial charge is 0.473 e. The smallest absolute Gasteiger partial charge is 0.373 e. The number of benzene rings is 1. The van der Waals surface area contributed by atoms with Crippen molar-refractivity contribution >= 4 is 17.2 Å². The molecule has 0 unspecified atom stereocenters. The average Bonchev–Trinajstić information content (AvgIpc) is 2.42. The standard InChI is InChI=1S/C12H10F2N4O3/c1-2-21-12-10(18(19)20)11(15-6-16-12)17-9-4-3-7(13)5-8(9)14/h3-6H,2H2,1H3,(H,15,16,17). The zero-order valence-electron chi connectivity index (χ0n) is 10.8. The zero-order chi connectivity index (χ0) is 15.4. The van der Waals surface area contributed by atoms with Crippen molar-refractivity contribution in [3.05, 3.63) is 46.3 Å². The van der Waals surface area contributed by atoms with Gasteiger partial charge in [0.05, 0.1) is 17.2 Å². The lowest BCUT2D eigenvalue weighted by Gasteiger charge is -2.09. The summed E-state index contributed by atoms with van der Waals surface area (Å²) in [7, 11) is 0. The van der Waals surface area contributed by atoms with Gasteiger partial charge in [0.1, 0.15) is 18.0 Å². The van der Waals surface area contributed by atoms with Crippen LogP contribution in [-0.2, 0) is 0 Å². The molecular formula is C12H10F2N4O3. The van der Waals surface area contributed by atoms with Crippen molar-refractivity contribution in [3.8, 4) is 5.88 Å². The van der Waals surface area contributed by atoms with Gasteiger partial charge in [-0.15, -0.1) is 0 Å². The van der Waals surface area contributed by atoms with Gasteiger partial charge in [-0.3, -0.25) is 10.1 Å². The highest BCUT2D eigenvalue weighted by atomic mass is 19.1. The van der Waals surface area contributed by atoms with Crippen LogP contribution in [0.5, 0.6) is 5.88 Å². The molecule has 1 aromatic heterocycles. The van der Waals surface area contributed by atoms with Crippen molar-refractivity contribution in [2.24, 2.45) is 0 Å². The molecule has 0 aliphatic carbocycles. The first-order valence-electron chi connectivity index (χ1n) is 5.87. The Morgan fingerprint density at radius 3 is 2.76 bits per heavy atom. The SMILES string of the molecule is CCOc1ncnc(Nc2ccc(F)cc2F)c1[N+](=O)[O-]. The molecule has 0 radical (unpaired) electrons. The van der Waals surface area contributed by atoms with Gasteiger partial charge in [0.25, 0.3) is 5.88 Å². The van der Waals surface area contributed by atoms with E-state index in [0.717, 1.165) is 18.5 Å². The third-order valence-corrected chi connectivity index (χ3v) is 2.44. The van der Waals surface area contributed by atoms with Crippen LogP contribution in [-0.4, -0.2) is 21.5 Å². The summed E-state index contributed by atoms with van der Waals surface area (Å²) >= 11 is 0. The highest BCUT2D eigenvalue weighted by Gasteiger charge is 2.25. The maximum absolute atomic E-state index is 13.6. The van der Waals surface area contributed by atoms with E-state index >= 15 is 0 Å². The lowest BCUT2D eigenvalue weighted by molar-refractivity contribution is -0.385. The monoisotopic (exact) mass is 296 g/mol. The number of halogens is 2. The quantitative estimate of drug-likeness (QED) is 0.674. The van der Waals surface area contributed by atoms with Crippen LogP contribution in [0, 0.1) is 21.7 Å². The molecule has 2 aromatic rings. The van der Waals surface area contributed by atoms with Gasteiger partial charge in [0.15, 0.2) is 0 Å². The van der Waals surface area contributed by atoms with Gasteiger partial charge < -0.3 is 10.1 Å². The third-order valence-electron chi connectivity index (χ3n) is 2.44. The molecule has 0 aliphatic heterocycles. The van der Waals surface area contributed by atoms with Crippen molar-refractivity contribution in [2.75, 3.05) is 11.9 Å². The molecule has 0 bridgehead atoms. The average molecular weight is 296 g/mol. The molecule has 0 spiro atoms. The molecule has 0 saturated heterocycles. The van der Waals surface area contributed by atoms with Crippen LogP contribution in [0.15, 0.2) is 24.5 Å². The van der Waals surface area contributed by atoms with Crippen LogP contribution in [0.4, 0.5) is 26.0 Å². The fourth-order valence-electron chi connectivity index (χ4n) is 1.58. The number of ether oxygens (including phenoxy) is 1. The highest BCUT2D eigenvalue weighted by Crippen LogP contribution is 2.33. The van der Waals surface area contributed by atoms with E-state index in [2.05, 4.69) is 15.3 Å². The third kappa shape index (κ3) is 3.19. The van der Waals surface area contributed by atoms with Gasteiger partial charge in [0.2, 0.25) is 5.82 Å². The second kappa shape index (κ2) is 6.07. The second-order valence-corrected chi connectivity index (χ2v) is 3.82. The fraction of sp³-hybridized carbons (Fsp3) is 0.167. The van der Waals surface area contributed by atoms with Crippen LogP contribution in [0.1, 0.15) is 6.92 Å². The molecule has 1 aromatic carbocycles. The first kappa shape index (κ1) is 14.6. The van der Waals surface area contributed by atoms with Crippen molar-refractivity contribution in [1.29, 1.82) is 0 Å². The molecule has 0 saturated carbocycles. The van der Waals surface area contributed by atoms with E-state index in [9.17, 15) is 18.9 Å². The van der Waals surface area contributed by atoms with Crippen molar-refractivity contribution < 1.29 is 18.4 Å². The second-order valence-electron chi connectivity index (χ2n) is 3.82. The number of nitro groups is 1. The number of hydrogen-bond donors (Lipinski definition) is 1. The minimum absolute atomic E-state index is 0.152. The van der Waals surface area contributed by atoms with Crippen molar-refractivity contribution in [3.63, 3.8) is 0 Å². The van der Waals surface area contributed by atoms with Gasteiger partial charge in [-0.25, -0.2) is 13.8 Å². The van der Waals surface area contributed by atoms with E-state index in [1.54, 1.807) is 6.92 Å². The predicted octanol–water partition coefficient (Wildman–Crippen LogP) is 2.81. The molecule has 21 heavy (non-hydrogen) atoms. The van der Waals surface area contributed by atoms with E-state index in [1.165, 1.54) is 0 Å². The molecule has 110 valence electrons. The van der Waals surface area contributed by atoms with Crippen LogP contribution >= 0.6 is 0 Å². The van der Waals surface area contributed by atoms with Crippen LogP contribution in [0.2, 0.25) is 0 Å². The Labute approximate surface area is 117 Å². The molecular weight excluding hydrogens is 286 g/mol. The molecule has 7 nitrogen and oxygen atoms in total. The van der Waals surface area contributed by atoms with Crippen LogP contribution in [0.25, 0.3) is 0 Å². The molecule has 0 fully saturated rings. The summed E-state index contributed by atoms with van der Waals surface area (Å²) in [5.74, 6) is -2.14. The Morgan fingerprint density at radius 1 is 1.38 bits per heavy atom. The molecule has 9 heteroatoms. The van der Waals surface area contributed by atoms with Crippen LogP contribution < -0.4 is 10.1 Å². The maximum Gasteiger partial charge on any atom is 0.373 e. The normalized spacial score (nSPS) is 10.2. The Kier molecular flexibility index (Phi) is 4.21. The zero-order valence-corrected chi connectivity index (χ0v) is 10.8. The van der Waals surface area contributed by atoms with E-state index in [0.29, 0.717) is 6.07 Å². The summed E-state index contributed by atoms with van der Waals surface area (Å²) in [4.78, 5) is 17.7. The molecule has 1 N–H and O–H groups in total. The van der Waals surface area contributed by atoms with E-state index in [1.807, 2.05) is 0 Å². The summed E-state index contributed by atoms with van der Waals surface area (Å²) in [5.41, 5.74) is -0.677. The Bertz CT molecular complexity index is 682. The van der Waals surface area contributed by atoms with Gasteiger partial charge in [0, 0.05) is 6.07 Å². The van der Waals surface area contributed by atoms with Crippen molar-refractivity contribution in [1.82, 2.24) is 9.97 Å². The first-order chi connectivity index (χ1) is 10.0. The minimum atomic E-state index is -0.902. The summed E-state index contributed by atoms with van der Waals surface area (Å²) < 4.78 is 31.4. The lowest BCUT2D eigenvalue weighted by Crippen LogP contribution is -2.06. The fourth-order valence-corrected chi connectivity index (χ4v) is 1.58. The van der Waals surface area contributed by atoms with Crippen molar-refractivity contribution in [2.45, 2.75) is 6.92 Å². The van der Waals surface area contributed by atoms with E-state index in [-0.39, 0.29) is 24.0 Å². The Balaban J connectivity index is 2.43. The maximum atomic E-state index is 13.6. The molecule has 0 aliphatic rings. The lowest BCUT2D eigenvalue weighted by atomic mass is 10.3. The number of rotatable bonds is 5. The van der Waals surface area contributed by atoms with Gasteiger partial charge in [-0.05, 0) is 19.1 Å². The molecule has 0 amide bonds. The number of anilines is 2. The summed E-state index contributed by atoms with van der Waals surface area (Å²) in [6.07, 6.45) is 1.04. The minimum Gasteiger partial charge on any atom is -0.473 e. The van der Waals surface area contributed by atoms with Gasteiger partial charge in [-0.2, -0.15) is 4.98 Å². The first-order valence-corrected chi connectivity index (χ1v) is 5.87. The number of nitrogens with zero attached hydrogens (tertiary/aromatic N) is 3. The Morgan fingerprint density at radius 2 is 2.14 bits per heavy atom. The van der Waals surface area contributed by atoms with Crippen LogP contribution in [0.3, 0.4) is 0 Å². The van der Waals surface area contributed by atoms with E-state index in [4.69, 9.17) is 4.74 Å². The number of nitrogens with one attached hydrogen (secondary N) is 1. The number of aromatic nitrogens is 2. The van der Waals surface area contributed by atoms with Gasteiger partial charge >= 0.3 is 5.69 Å². The Hall–Kier alpha value is -2.84. The highest BCUT2D eigenvalue weighted by molar-refractivity contribution is 5.68. The van der Waals surface area contributed by atoms with E-state index < -0.39 is 22.2 Å². The number of hydrogen-bond acceptors (Lipinski definition) is 6. The summed E-state index contributed by atoms with van der Waals surface area (Å²) in [6.45, 7) is 1.81. The molecule has 1 heterocycles. The molecule has 2 rings (SSSR count). The predicted molar refractivity (Wildman–Crippen MR) is 69.5 cm³/mol. The summed E-state index contributed by atoms with van der Waals surface area (Å²) in [5, 5.41) is 13.5. The molecule has 0 atom stereocenters. The summed E-state index contributed by atoms with van der Waals surface area (Å²) in [6, 6.07) is 2.78. The topological polar surface area (TPSA) is 90.2 Å².